The van der Waals surface area contributed by atoms with Crippen molar-refractivity contribution in [1.82, 2.24) is 5.32 Å². The fourth-order valence-corrected chi connectivity index (χ4v) is 4.88. The van der Waals surface area contributed by atoms with E-state index in [2.05, 4.69) is 19.2 Å². The molecule has 0 bridgehead atoms. The molecule has 2 aromatic carbocycles. The first kappa shape index (κ1) is 26.8. The molecule has 1 amide bonds. The molecule has 0 aliphatic heterocycles. The number of anilines is 1. The summed E-state index contributed by atoms with van der Waals surface area (Å²) in [5, 5.41) is 3.62. The summed E-state index contributed by atoms with van der Waals surface area (Å²) in [6, 6.07) is 9.68. The van der Waals surface area contributed by atoms with Crippen molar-refractivity contribution >= 4 is 56.4 Å². The van der Waals surface area contributed by atoms with Crippen LogP contribution in [0.5, 0.6) is 0 Å². The van der Waals surface area contributed by atoms with Gasteiger partial charge in [0.25, 0.3) is 5.91 Å². The van der Waals surface area contributed by atoms with Crippen LogP contribution in [0.2, 0.25) is 15.1 Å². The van der Waals surface area contributed by atoms with Crippen molar-refractivity contribution in [3.8, 4) is 0 Å². The zero-order chi connectivity index (χ0) is 23.9. The molecule has 176 valence electrons. The van der Waals surface area contributed by atoms with Crippen LogP contribution in [-0.2, 0) is 16.6 Å². The first-order valence-corrected chi connectivity index (χ1v) is 13.5. The summed E-state index contributed by atoms with van der Waals surface area (Å²) in [5.74, 6) is 0.330. The molecule has 32 heavy (non-hydrogen) atoms. The summed E-state index contributed by atoms with van der Waals surface area (Å²) in [6.07, 6.45) is 5.52. The molecule has 9 heteroatoms. The quantitative estimate of drug-likeness (QED) is 0.342. The topological polar surface area (TPSA) is 66.5 Å². The predicted molar refractivity (Wildman–Crippen MR) is 135 cm³/mol. The maximum absolute atomic E-state index is 12.5. The summed E-state index contributed by atoms with van der Waals surface area (Å²) < 4.78 is 26.0. The number of rotatable bonds is 11. The Balaban J connectivity index is 2.14. The SMILES string of the molecule is CCCCC(CC)CNC(=O)c1ccc(CN(c2cc(Cl)c(Cl)cc2Cl)S(C)(=O)=O)cc1. The average molecular weight is 520 g/mol. The summed E-state index contributed by atoms with van der Waals surface area (Å²) in [6.45, 7) is 4.98. The Hall–Kier alpha value is -1.47. The second-order valence-corrected chi connectivity index (χ2v) is 10.9. The number of carbonyl (C=O) groups excluding carboxylic acids is 1. The number of amides is 1. The Kier molecular flexibility index (Phi) is 10.1. The summed E-state index contributed by atoms with van der Waals surface area (Å²) in [4.78, 5) is 12.5. The molecular weight excluding hydrogens is 491 g/mol. The van der Waals surface area contributed by atoms with Gasteiger partial charge in [0.2, 0.25) is 10.0 Å². The number of halogens is 3. The van der Waals surface area contributed by atoms with Crippen LogP contribution in [0.15, 0.2) is 36.4 Å². The van der Waals surface area contributed by atoms with Crippen molar-refractivity contribution in [3.63, 3.8) is 0 Å². The average Bonchev–Trinajstić information content (AvgIpc) is 2.74. The highest BCUT2D eigenvalue weighted by atomic mass is 35.5. The van der Waals surface area contributed by atoms with Gasteiger partial charge in [-0.05, 0) is 42.2 Å². The van der Waals surface area contributed by atoms with Crippen LogP contribution >= 0.6 is 34.8 Å². The van der Waals surface area contributed by atoms with E-state index < -0.39 is 10.0 Å². The summed E-state index contributed by atoms with van der Waals surface area (Å²) >= 11 is 18.3. The van der Waals surface area contributed by atoms with Gasteiger partial charge in [-0.15, -0.1) is 0 Å². The third-order valence-corrected chi connectivity index (χ3v) is 7.45. The van der Waals surface area contributed by atoms with Gasteiger partial charge in [0.05, 0.1) is 33.6 Å². The van der Waals surface area contributed by atoms with Crippen molar-refractivity contribution in [2.75, 3.05) is 17.1 Å². The van der Waals surface area contributed by atoms with Crippen LogP contribution in [0.1, 0.15) is 55.5 Å². The van der Waals surface area contributed by atoms with Gasteiger partial charge in [0.15, 0.2) is 0 Å². The molecule has 0 heterocycles. The van der Waals surface area contributed by atoms with E-state index in [9.17, 15) is 13.2 Å². The number of carbonyl (C=O) groups is 1. The van der Waals surface area contributed by atoms with Gasteiger partial charge in [0.1, 0.15) is 0 Å². The van der Waals surface area contributed by atoms with Crippen molar-refractivity contribution in [2.24, 2.45) is 5.92 Å². The van der Waals surface area contributed by atoms with Gasteiger partial charge < -0.3 is 5.32 Å². The molecular formula is C23H29Cl3N2O3S. The number of unbranched alkanes of at least 4 members (excludes halogenated alkanes) is 1. The highest BCUT2D eigenvalue weighted by Gasteiger charge is 2.22. The molecule has 1 atom stereocenters. The third-order valence-electron chi connectivity index (χ3n) is 5.30. The van der Waals surface area contributed by atoms with Crippen LogP contribution in [-0.4, -0.2) is 27.1 Å². The zero-order valence-corrected chi connectivity index (χ0v) is 21.6. The third kappa shape index (κ3) is 7.55. The van der Waals surface area contributed by atoms with E-state index in [1.54, 1.807) is 24.3 Å². The van der Waals surface area contributed by atoms with Crippen LogP contribution in [0.3, 0.4) is 0 Å². The monoisotopic (exact) mass is 518 g/mol. The molecule has 0 aliphatic carbocycles. The van der Waals surface area contributed by atoms with Gasteiger partial charge in [-0.3, -0.25) is 9.10 Å². The lowest BCUT2D eigenvalue weighted by atomic mass is 9.99. The second-order valence-electron chi connectivity index (χ2n) is 7.81. The molecule has 0 aliphatic rings. The fraction of sp³-hybridized carbons (Fsp3) is 0.435. The van der Waals surface area contributed by atoms with Gasteiger partial charge in [-0.1, -0.05) is 80.0 Å². The van der Waals surface area contributed by atoms with Gasteiger partial charge in [-0.2, -0.15) is 0 Å². The predicted octanol–water partition coefficient (Wildman–Crippen LogP) is 6.56. The maximum Gasteiger partial charge on any atom is 0.251 e. The molecule has 5 nitrogen and oxygen atoms in total. The highest BCUT2D eigenvalue weighted by molar-refractivity contribution is 7.92. The molecule has 1 unspecified atom stereocenters. The Morgan fingerprint density at radius 2 is 1.66 bits per heavy atom. The minimum Gasteiger partial charge on any atom is -0.352 e. The lowest BCUT2D eigenvalue weighted by Crippen LogP contribution is -2.30. The minimum absolute atomic E-state index is 0.0351. The minimum atomic E-state index is -3.66. The van der Waals surface area contributed by atoms with E-state index in [4.69, 9.17) is 34.8 Å². The van der Waals surface area contributed by atoms with E-state index >= 15 is 0 Å². The molecule has 0 fully saturated rings. The summed E-state index contributed by atoms with van der Waals surface area (Å²) in [7, 11) is -3.66. The second kappa shape index (κ2) is 12.1. The van der Waals surface area contributed by atoms with E-state index in [1.165, 1.54) is 12.1 Å². The van der Waals surface area contributed by atoms with Crippen molar-refractivity contribution in [2.45, 2.75) is 46.1 Å². The van der Waals surface area contributed by atoms with E-state index in [0.29, 0.717) is 23.6 Å². The van der Waals surface area contributed by atoms with Crippen molar-refractivity contribution in [3.05, 3.63) is 62.6 Å². The van der Waals surface area contributed by atoms with E-state index in [0.717, 1.165) is 36.2 Å². The molecule has 2 aromatic rings. The first-order chi connectivity index (χ1) is 15.1. The number of nitrogens with one attached hydrogen (secondary N) is 1. The number of hydrogen-bond donors (Lipinski definition) is 1. The lowest BCUT2D eigenvalue weighted by Gasteiger charge is -2.24. The standard InChI is InChI=1S/C23H29Cl3N2O3S/c1-4-6-7-16(5-2)14-27-23(29)18-10-8-17(9-11-18)15-28(32(3,30)31)22-13-20(25)19(24)12-21(22)26/h8-13,16H,4-7,14-15H2,1-3H3,(H,27,29). The fourth-order valence-electron chi connectivity index (χ4n) is 3.29. The normalized spacial score (nSPS) is 12.4. The van der Waals surface area contributed by atoms with Crippen LogP contribution in [0.4, 0.5) is 5.69 Å². The number of sulfonamides is 1. The molecule has 2 rings (SSSR count). The Labute approximate surface area is 206 Å². The number of hydrogen-bond acceptors (Lipinski definition) is 3. The van der Waals surface area contributed by atoms with Crippen LogP contribution in [0, 0.1) is 5.92 Å². The number of benzene rings is 2. The van der Waals surface area contributed by atoms with Gasteiger partial charge in [-0.25, -0.2) is 8.42 Å². The van der Waals surface area contributed by atoms with Crippen LogP contribution in [0.25, 0.3) is 0 Å². The van der Waals surface area contributed by atoms with Gasteiger partial charge >= 0.3 is 0 Å². The Bertz CT molecular complexity index is 1030. The first-order valence-electron chi connectivity index (χ1n) is 10.6. The summed E-state index contributed by atoms with van der Waals surface area (Å²) in [5.41, 5.74) is 1.46. The van der Waals surface area contributed by atoms with Crippen molar-refractivity contribution < 1.29 is 13.2 Å². The van der Waals surface area contributed by atoms with E-state index in [1.807, 2.05) is 0 Å². The zero-order valence-electron chi connectivity index (χ0n) is 18.5. The maximum atomic E-state index is 12.5. The molecule has 0 radical (unpaired) electrons. The van der Waals surface area contributed by atoms with Gasteiger partial charge in [0, 0.05) is 12.1 Å². The van der Waals surface area contributed by atoms with E-state index in [-0.39, 0.29) is 33.2 Å². The smallest absolute Gasteiger partial charge is 0.251 e. The molecule has 1 N–H and O–H groups in total. The lowest BCUT2D eigenvalue weighted by molar-refractivity contribution is 0.0946. The highest BCUT2D eigenvalue weighted by Crippen LogP contribution is 2.36. The molecule has 0 spiro atoms. The van der Waals surface area contributed by atoms with Crippen LogP contribution < -0.4 is 9.62 Å². The number of nitrogens with zero attached hydrogens (tertiary/aromatic N) is 1. The Morgan fingerprint density at radius 1 is 1.03 bits per heavy atom. The Morgan fingerprint density at radius 3 is 2.22 bits per heavy atom. The molecule has 0 saturated carbocycles. The largest absolute Gasteiger partial charge is 0.352 e. The molecule has 0 saturated heterocycles. The van der Waals surface area contributed by atoms with Crippen molar-refractivity contribution in [1.29, 1.82) is 0 Å². The molecule has 0 aromatic heterocycles.